The molecule has 1 atom stereocenters. The van der Waals surface area contributed by atoms with Crippen LogP contribution in [0.25, 0.3) is 0 Å². The third-order valence-electron chi connectivity index (χ3n) is 4.67. The zero-order chi connectivity index (χ0) is 21.0. The van der Waals surface area contributed by atoms with Crippen LogP contribution in [-0.2, 0) is 9.59 Å². The van der Waals surface area contributed by atoms with Gasteiger partial charge in [0, 0.05) is 18.4 Å². The van der Waals surface area contributed by atoms with Crippen LogP contribution in [0, 0.1) is 37.9 Å². The van der Waals surface area contributed by atoms with Gasteiger partial charge in [0.25, 0.3) is 0 Å². The molecule has 1 aromatic carbocycles. The number of benzene rings is 1. The molecule has 0 radical (unpaired) electrons. The number of likely N-dealkylation sites (N-methyl/N-ethyl adjacent to an activating group) is 1. The van der Waals surface area contributed by atoms with Gasteiger partial charge >= 0.3 is 0 Å². The van der Waals surface area contributed by atoms with Gasteiger partial charge in [-0.15, -0.1) is 0 Å². The average Bonchev–Trinajstić information content (AvgIpc) is 2.65. The number of hydrogen-bond acceptors (Lipinski definition) is 5. The number of pyridine rings is 1. The number of carbonyl (C=O) groups excluding carboxylic acids is 2. The molecule has 1 heterocycles. The lowest BCUT2D eigenvalue weighted by molar-refractivity contribution is -0.124. The first kappa shape index (κ1) is 20.8. The van der Waals surface area contributed by atoms with Gasteiger partial charge in [-0.05, 0) is 56.2 Å². The molecule has 0 aliphatic carbocycles. The lowest BCUT2D eigenvalue weighted by atomic mass is 10.0. The predicted octanol–water partition coefficient (Wildman–Crippen LogP) is 2.34. The highest BCUT2D eigenvalue weighted by molar-refractivity contribution is 6.00. The summed E-state index contributed by atoms with van der Waals surface area (Å²) < 4.78 is 13.1. The van der Waals surface area contributed by atoms with Crippen molar-refractivity contribution in [2.45, 2.75) is 33.2 Å². The lowest BCUT2D eigenvalue weighted by Crippen LogP contribution is -2.43. The number of nitrogens with one attached hydrogen (secondary N) is 1. The number of nitrogens with zero attached hydrogens (tertiary/aromatic N) is 3. The van der Waals surface area contributed by atoms with Crippen molar-refractivity contribution in [2.24, 2.45) is 5.73 Å². The Labute approximate surface area is 163 Å². The summed E-state index contributed by atoms with van der Waals surface area (Å²) in [4.78, 5) is 30.1. The van der Waals surface area contributed by atoms with Crippen molar-refractivity contribution in [3.8, 4) is 6.07 Å². The monoisotopic (exact) mass is 383 g/mol. The number of primary amides is 1. The molecule has 0 spiro atoms. The summed E-state index contributed by atoms with van der Waals surface area (Å²) in [5, 5.41) is 12.4. The Morgan fingerprint density at radius 3 is 2.39 bits per heavy atom. The second kappa shape index (κ2) is 8.48. The van der Waals surface area contributed by atoms with Crippen molar-refractivity contribution in [3.63, 3.8) is 0 Å². The van der Waals surface area contributed by atoms with E-state index in [1.807, 2.05) is 6.92 Å². The quantitative estimate of drug-likeness (QED) is 0.795. The standard InChI is InChI=1S/C20H22FN5O2/c1-11-12(2)16(10-22)19(24-13(11)3)25-17(9-18(23)27)20(28)26(4)15-7-5-14(21)6-8-15/h5-8,17H,9H2,1-4H3,(H2,23,27)(H,24,25)/t17-/m0/s1. The van der Waals surface area contributed by atoms with Gasteiger partial charge in [-0.3, -0.25) is 9.59 Å². The molecule has 0 fully saturated rings. The number of nitrogens with two attached hydrogens (primary N) is 1. The molecule has 0 aliphatic heterocycles. The minimum atomic E-state index is -1.03. The van der Waals surface area contributed by atoms with Crippen molar-refractivity contribution in [3.05, 3.63) is 52.5 Å². The second-order valence-corrected chi connectivity index (χ2v) is 6.52. The Bertz CT molecular complexity index is 951. The van der Waals surface area contributed by atoms with Crippen LogP contribution in [-0.4, -0.2) is 29.9 Å². The lowest BCUT2D eigenvalue weighted by Gasteiger charge is -2.25. The largest absolute Gasteiger partial charge is 0.370 e. The van der Waals surface area contributed by atoms with E-state index in [4.69, 9.17) is 5.73 Å². The van der Waals surface area contributed by atoms with Crippen molar-refractivity contribution in [2.75, 3.05) is 17.3 Å². The SMILES string of the molecule is Cc1nc(N[C@@H](CC(N)=O)C(=O)N(C)c2ccc(F)cc2)c(C#N)c(C)c1C. The maximum atomic E-state index is 13.1. The van der Waals surface area contributed by atoms with E-state index in [9.17, 15) is 19.2 Å². The maximum absolute atomic E-state index is 13.1. The first-order chi connectivity index (χ1) is 13.1. The van der Waals surface area contributed by atoms with Gasteiger partial charge in [-0.2, -0.15) is 5.26 Å². The van der Waals surface area contributed by atoms with E-state index in [1.54, 1.807) is 13.8 Å². The molecule has 28 heavy (non-hydrogen) atoms. The molecule has 2 amide bonds. The fourth-order valence-electron chi connectivity index (χ4n) is 2.78. The highest BCUT2D eigenvalue weighted by atomic mass is 19.1. The van der Waals surface area contributed by atoms with Gasteiger partial charge in [-0.25, -0.2) is 9.37 Å². The molecule has 146 valence electrons. The van der Waals surface area contributed by atoms with Crippen molar-refractivity contribution < 1.29 is 14.0 Å². The number of halogens is 1. The number of amides is 2. The molecule has 0 saturated carbocycles. The fourth-order valence-corrected chi connectivity index (χ4v) is 2.78. The molecule has 2 aromatic rings. The first-order valence-corrected chi connectivity index (χ1v) is 8.61. The molecule has 3 N–H and O–H groups in total. The molecular weight excluding hydrogens is 361 g/mol. The summed E-state index contributed by atoms with van der Waals surface area (Å²) in [5.41, 5.74) is 8.39. The minimum absolute atomic E-state index is 0.218. The molecule has 2 rings (SSSR count). The maximum Gasteiger partial charge on any atom is 0.249 e. The van der Waals surface area contributed by atoms with Gasteiger partial charge in [0.15, 0.2) is 0 Å². The van der Waals surface area contributed by atoms with Gasteiger partial charge < -0.3 is 16.0 Å². The van der Waals surface area contributed by atoms with Gasteiger partial charge in [0.05, 0.1) is 12.0 Å². The third kappa shape index (κ3) is 4.43. The minimum Gasteiger partial charge on any atom is -0.370 e. The summed E-state index contributed by atoms with van der Waals surface area (Å²) in [7, 11) is 1.51. The zero-order valence-electron chi connectivity index (χ0n) is 16.2. The van der Waals surface area contributed by atoms with Crippen molar-refractivity contribution in [1.82, 2.24) is 4.98 Å². The van der Waals surface area contributed by atoms with E-state index >= 15 is 0 Å². The van der Waals surface area contributed by atoms with E-state index in [-0.39, 0.29) is 12.2 Å². The van der Waals surface area contributed by atoms with Crippen molar-refractivity contribution in [1.29, 1.82) is 5.26 Å². The number of nitriles is 1. The van der Waals surface area contributed by atoms with Gasteiger partial charge in [-0.1, -0.05) is 0 Å². The second-order valence-electron chi connectivity index (χ2n) is 6.52. The highest BCUT2D eigenvalue weighted by Crippen LogP contribution is 2.24. The molecule has 7 nitrogen and oxygen atoms in total. The Kier molecular flexibility index (Phi) is 6.31. The summed E-state index contributed by atoms with van der Waals surface area (Å²) in [6.07, 6.45) is -0.289. The van der Waals surface area contributed by atoms with Crippen LogP contribution in [0.5, 0.6) is 0 Å². The first-order valence-electron chi connectivity index (χ1n) is 8.61. The predicted molar refractivity (Wildman–Crippen MR) is 104 cm³/mol. The van der Waals surface area contributed by atoms with Crippen LogP contribution >= 0.6 is 0 Å². The number of anilines is 2. The molecular formula is C20H22FN5O2. The normalized spacial score (nSPS) is 11.4. The van der Waals surface area contributed by atoms with E-state index < -0.39 is 23.7 Å². The molecule has 8 heteroatoms. The summed E-state index contributed by atoms with van der Waals surface area (Å²) in [6, 6.07) is 6.43. The Morgan fingerprint density at radius 2 is 1.86 bits per heavy atom. The Balaban J connectivity index is 2.39. The number of rotatable bonds is 6. The van der Waals surface area contributed by atoms with Crippen LogP contribution in [0.4, 0.5) is 15.9 Å². The number of hydrogen-bond donors (Lipinski definition) is 2. The van der Waals surface area contributed by atoms with E-state index in [0.29, 0.717) is 16.9 Å². The van der Waals surface area contributed by atoms with E-state index in [0.717, 1.165) is 11.1 Å². The molecule has 0 unspecified atom stereocenters. The zero-order valence-corrected chi connectivity index (χ0v) is 16.2. The van der Waals surface area contributed by atoms with Crippen LogP contribution in [0.15, 0.2) is 24.3 Å². The summed E-state index contributed by atoms with van der Waals surface area (Å²) >= 11 is 0. The van der Waals surface area contributed by atoms with Crippen LogP contribution in [0.3, 0.4) is 0 Å². The summed E-state index contributed by atoms with van der Waals surface area (Å²) in [5.74, 6) is -1.36. The number of carbonyl (C=O) groups is 2. The van der Waals surface area contributed by atoms with Gasteiger partial charge in [0.2, 0.25) is 11.8 Å². The topological polar surface area (TPSA) is 112 Å². The molecule has 0 saturated heterocycles. The molecule has 0 bridgehead atoms. The fraction of sp³-hybridized carbons (Fsp3) is 0.300. The van der Waals surface area contributed by atoms with Gasteiger partial charge in [0.1, 0.15) is 23.7 Å². The Hall–Kier alpha value is -3.47. The van der Waals surface area contributed by atoms with E-state index in [1.165, 1.54) is 36.2 Å². The third-order valence-corrected chi connectivity index (χ3v) is 4.67. The summed E-state index contributed by atoms with van der Waals surface area (Å²) in [6.45, 7) is 5.45. The smallest absolute Gasteiger partial charge is 0.249 e. The molecule has 1 aromatic heterocycles. The highest BCUT2D eigenvalue weighted by Gasteiger charge is 2.27. The molecule has 0 aliphatic rings. The Morgan fingerprint density at radius 1 is 1.25 bits per heavy atom. The van der Waals surface area contributed by atoms with Crippen molar-refractivity contribution >= 4 is 23.3 Å². The average molecular weight is 383 g/mol. The van der Waals surface area contributed by atoms with Crippen LogP contribution in [0.1, 0.15) is 28.8 Å². The van der Waals surface area contributed by atoms with Crippen LogP contribution < -0.4 is 16.0 Å². The van der Waals surface area contributed by atoms with Crippen LogP contribution in [0.2, 0.25) is 0 Å². The number of aromatic nitrogens is 1. The van der Waals surface area contributed by atoms with E-state index in [2.05, 4.69) is 16.4 Å². The number of aryl methyl sites for hydroxylation is 1.